The van der Waals surface area contributed by atoms with Crippen LogP contribution < -0.4 is 5.32 Å². The van der Waals surface area contributed by atoms with Crippen LogP contribution in [0.5, 0.6) is 0 Å². The van der Waals surface area contributed by atoms with Crippen LogP contribution in [0.4, 0.5) is 5.82 Å². The second-order valence-corrected chi connectivity index (χ2v) is 4.80. The van der Waals surface area contributed by atoms with Crippen LogP contribution in [0, 0.1) is 0 Å². The zero-order valence-corrected chi connectivity index (χ0v) is 13.6. The van der Waals surface area contributed by atoms with Crippen LogP contribution in [0.25, 0.3) is 0 Å². The molecule has 1 heterocycles. The van der Waals surface area contributed by atoms with Crippen molar-refractivity contribution in [2.75, 3.05) is 45.1 Å². The van der Waals surface area contributed by atoms with E-state index in [2.05, 4.69) is 34.0 Å². The minimum absolute atomic E-state index is 0.0540. The fourth-order valence-corrected chi connectivity index (χ4v) is 2.18. The van der Waals surface area contributed by atoms with E-state index in [1.54, 1.807) is 13.2 Å². The summed E-state index contributed by atoms with van der Waals surface area (Å²) in [7, 11) is 1.76. The highest BCUT2D eigenvalue weighted by Crippen LogP contribution is 2.06. The van der Waals surface area contributed by atoms with E-state index in [1.165, 1.54) is 6.20 Å². The molecule has 0 aromatic carbocycles. The van der Waals surface area contributed by atoms with Gasteiger partial charge in [-0.05, 0) is 33.0 Å². The van der Waals surface area contributed by atoms with Crippen molar-refractivity contribution in [2.24, 2.45) is 0 Å². The Kier molecular flexibility index (Phi) is 7.68. The maximum absolute atomic E-state index is 12.4. The van der Waals surface area contributed by atoms with Crippen molar-refractivity contribution in [3.8, 4) is 0 Å². The fraction of sp³-hybridized carbons (Fsp3) is 0.667. The molecule has 1 amide bonds. The summed E-state index contributed by atoms with van der Waals surface area (Å²) < 4.78 is 0. The number of hydrogen-bond acceptors (Lipinski definition) is 5. The Morgan fingerprint density at radius 2 is 1.86 bits per heavy atom. The average molecular weight is 293 g/mol. The molecule has 0 atom stereocenters. The van der Waals surface area contributed by atoms with Crippen molar-refractivity contribution in [1.82, 2.24) is 19.8 Å². The molecule has 0 saturated carbocycles. The number of rotatable bonds is 9. The molecule has 0 bridgehead atoms. The van der Waals surface area contributed by atoms with Crippen LogP contribution in [0.3, 0.4) is 0 Å². The highest BCUT2D eigenvalue weighted by molar-refractivity contribution is 5.92. The van der Waals surface area contributed by atoms with Crippen LogP contribution in [-0.2, 0) is 0 Å². The number of nitrogens with one attached hydrogen (secondary N) is 1. The van der Waals surface area contributed by atoms with Crippen molar-refractivity contribution < 1.29 is 4.79 Å². The van der Waals surface area contributed by atoms with Gasteiger partial charge in [0.25, 0.3) is 5.91 Å². The predicted molar refractivity (Wildman–Crippen MR) is 85.6 cm³/mol. The Hall–Kier alpha value is -1.69. The standard InChI is InChI=1S/C15H27N5O/c1-5-19(6-2)9-8-10-20(7-3)15(21)13-11-17-12-14(16-4)18-13/h11-12H,5-10H2,1-4H3,(H,16,18). The molecule has 1 aromatic heterocycles. The van der Waals surface area contributed by atoms with E-state index in [1.807, 2.05) is 11.8 Å². The molecule has 0 aliphatic rings. The fourth-order valence-electron chi connectivity index (χ4n) is 2.18. The van der Waals surface area contributed by atoms with Crippen LogP contribution in [0.15, 0.2) is 12.4 Å². The predicted octanol–water partition coefficient (Wildman–Crippen LogP) is 1.71. The lowest BCUT2D eigenvalue weighted by Gasteiger charge is -2.23. The number of anilines is 1. The highest BCUT2D eigenvalue weighted by atomic mass is 16.2. The van der Waals surface area contributed by atoms with Gasteiger partial charge in [-0.15, -0.1) is 0 Å². The highest BCUT2D eigenvalue weighted by Gasteiger charge is 2.16. The number of nitrogens with zero attached hydrogens (tertiary/aromatic N) is 4. The molecular formula is C15H27N5O. The first-order valence-corrected chi connectivity index (χ1v) is 7.67. The Morgan fingerprint density at radius 1 is 1.14 bits per heavy atom. The van der Waals surface area contributed by atoms with Crippen molar-refractivity contribution in [3.05, 3.63) is 18.1 Å². The number of aromatic nitrogens is 2. The number of amides is 1. The summed E-state index contributed by atoms with van der Waals surface area (Å²) in [5, 5.41) is 2.90. The van der Waals surface area contributed by atoms with E-state index in [4.69, 9.17) is 0 Å². The summed E-state index contributed by atoms with van der Waals surface area (Å²) >= 11 is 0. The van der Waals surface area contributed by atoms with E-state index in [0.717, 1.165) is 32.6 Å². The van der Waals surface area contributed by atoms with Crippen molar-refractivity contribution in [3.63, 3.8) is 0 Å². The Balaban J connectivity index is 2.60. The molecule has 1 N–H and O–H groups in total. The Morgan fingerprint density at radius 3 is 2.43 bits per heavy atom. The SMILES string of the molecule is CCN(CC)CCCN(CC)C(=O)c1cncc(NC)n1. The molecule has 0 aliphatic heterocycles. The molecule has 0 aliphatic carbocycles. The molecule has 0 radical (unpaired) electrons. The molecule has 21 heavy (non-hydrogen) atoms. The average Bonchev–Trinajstić information content (AvgIpc) is 2.54. The summed E-state index contributed by atoms with van der Waals surface area (Å²) in [6.07, 6.45) is 4.10. The third kappa shape index (κ3) is 5.30. The zero-order valence-electron chi connectivity index (χ0n) is 13.6. The second-order valence-electron chi connectivity index (χ2n) is 4.80. The van der Waals surface area contributed by atoms with Crippen LogP contribution in [-0.4, -0.2) is 65.4 Å². The van der Waals surface area contributed by atoms with E-state index < -0.39 is 0 Å². The Bertz CT molecular complexity index is 434. The number of carbonyl (C=O) groups is 1. The van der Waals surface area contributed by atoms with E-state index in [-0.39, 0.29) is 5.91 Å². The van der Waals surface area contributed by atoms with Crippen molar-refractivity contribution in [1.29, 1.82) is 0 Å². The molecular weight excluding hydrogens is 266 g/mol. The molecule has 0 spiro atoms. The summed E-state index contributed by atoms with van der Waals surface area (Å²) in [4.78, 5) is 24.9. The summed E-state index contributed by atoms with van der Waals surface area (Å²) in [5.74, 6) is 0.557. The molecule has 1 rings (SSSR count). The summed E-state index contributed by atoms with van der Waals surface area (Å²) in [5.41, 5.74) is 0.395. The van der Waals surface area contributed by atoms with Crippen molar-refractivity contribution >= 4 is 11.7 Å². The minimum Gasteiger partial charge on any atom is -0.372 e. The normalized spacial score (nSPS) is 10.7. The third-order valence-corrected chi connectivity index (χ3v) is 3.58. The summed E-state index contributed by atoms with van der Waals surface area (Å²) in [6, 6.07) is 0. The van der Waals surface area contributed by atoms with Gasteiger partial charge in [0.2, 0.25) is 0 Å². The number of carbonyl (C=O) groups excluding carboxylic acids is 1. The summed E-state index contributed by atoms with van der Waals surface area (Å²) in [6.45, 7) is 10.8. The van der Waals surface area contributed by atoms with Gasteiger partial charge < -0.3 is 15.1 Å². The van der Waals surface area contributed by atoms with Gasteiger partial charge in [0.15, 0.2) is 0 Å². The first-order chi connectivity index (χ1) is 10.2. The first-order valence-electron chi connectivity index (χ1n) is 7.67. The van der Waals surface area contributed by atoms with Crippen LogP contribution in [0.2, 0.25) is 0 Å². The smallest absolute Gasteiger partial charge is 0.274 e. The molecule has 118 valence electrons. The second kappa shape index (κ2) is 9.28. The lowest BCUT2D eigenvalue weighted by Crippen LogP contribution is -2.35. The molecule has 6 nitrogen and oxygen atoms in total. The monoisotopic (exact) mass is 293 g/mol. The lowest BCUT2D eigenvalue weighted by molar-refractivity contribution is 0.0751. The first kappa shape index (κ1) is 17.4. The Labute approximate surface area is 127 Å². The third-order valence-electron chi connectivity index (χ3n) is 3.58. The maximum atomic E-state index is 12.4. The molecule has 6 heteroatoms. The van der Waals surface area contributed by atoms with Gasteiger partial charge in [-0.3, -0.25) is 9.78 Å². The lowest BCUT2D eigenvalue weighted by atomic mass is 10.3. The maximum Gasteiger partial charge on any atom is 0.274 e. The largest absolute Gasteiger partial charge is 0.372 e. The van der Waals surface area contributed by atoms with E-state index >= 15 is 0 Å². The van der Waals surface area contributed by atoms with Crippen LogP contribution >= 0.6 is 0 Å². The van der Waals surface area contributed by atoms with E-state index in [9.17, 15) is 4.79 Å². The topological polar surface area (TPSA) is 61.4 Å². The van der Waals surface area contributed by atoms with Crippen molar-refractivity contribution in [2.45, 2.75) is 27.2 Å². The minimum atomic E-state index is -0.0540. The van der Waals surface area contributed by atoms with Gasteiger partial charge in [-0.1, -0.05) is 13.8 Å². The molecule has 1 aromatic rings. The van der Waals surface area contributed by atoms with Gasteiger partial charge in [0, 0.05) is 20.1 Å². The molecule has 0 fully saturated rings. The van der Waals surface area contributed by atoms with Gasteiger partial charge in [-0.25, -0.2) is 4.98 Å². The van der Waals surface area contributed by atoms with Gasteiger partial charge in [0.05, 0.1) is 12.4 Å². The van der Waals surface area contributed by atoms with Crippen LogP contribution in [0.1, 0.15) is 37.7 Å². The quantitative estimate of drug-likeness (QED) is 0.751. The van der Waals surface area contributed by atoms with Gasteiger partial charge in [-0.2, -0.15) is 0 Å². The van der Waals surface area contributed by atoms with E-state index in [0.29, 0.717) is 18.1 Å². The number of hydrogen-bond donors (Lipinski definition) is 1. The molecule has 0 unspecified atom stereocenters. The zero-order chi connectivity index (χ0) is 15.7. The molecule has 0 saturated heterocycles. The van der Waals surface area contributed by atoms with Gasteiger partial charge in [0.1, 0.15) is 11.5 Å². The van der Waals surface area contributed by atoms with Gasteiger partial charge >= 0.3 is 0 Å².